The van der Waals surface area contributed by atoms with Gasteiger partial charge in [0.1, 0.15) is 6.61 Å². The second-order valence-electron chi connectivity index (χ2n) is 6.90. The topological polar surface area (TPSA) is 90.0 Å². The Kier molecular flexibility index (Phi) is 7.40. The third-order valence-corrected chi connectivity index (χ3v) is 5.58. The third kappa shape index (κ3) is 5.97. The highest BCUT2D eigenvalue weighted by Crippen LogP contribution is 2.40. The van der Waals surface area contributed by atoms with Crippen LogP contribution in [0.5, 0.6) is 5.88 Å². The van der Waals surface area contributed by atoms with Crippen LogP contribution in [0.3, 0.4) is 0 Å². The molecule has 188 valence electrons. The summed E-state index contributed by atoms with van der Waals surface area (Å²) in [5.41, 5.74) is -1.56. The van der Waals surface area contributed by atoms with E-state index >= 15 is 0 Å². The molecule has 2 aromatic rings. The maximum absolute atomic E-state index is 14.4. The van der Waals surface area contributed by atoms with E-state index in [1.54, 1.807) is 0 Å². The maximum Gasteiger partial charge on any atom is 0.522 e. The van der Waals surface area contributed by atoms with Crippen LogP contribution in [0.25, 0.3) is 10.2 Å². The Morgan fingerprint density at radius 1 is 1.21 bits per heavy atom. The van der Waals surface area contributed by atoms with E-state index in [1.165, 1.54) is 12.4 Å². The molecular formula is C18H16F7N3O5S. The van der Waals surface area contributed by atoms with Crippen molar-refractivity contribution in [2.45, 2.75) is 24.8 Å². The molecule has 3 rings (SSSR count). The summed E-state index contributed by atoms with van der Waals surface area (Å²) in [6.07, 6.45) is -14.2. The van der Waals surface area contributed by atoms with E-state index in [9.17, 15) is 40.3 Å². The highest BCUT2D eigenvalue weighted by atomic mass is 32.1. The SMILES string of the molecule is CNC(=O)c1csc2c(C(F)(F)F)cc(O[C@H]3CN(C(=O)OCCOC(F)(F)F)C[C@H]3F)nc12. The van der Waals surface area contributed by atoms with Crippen LogP contribution in [-0.4, -0.2) is 73.9 Å². The van der Waals surface area contributed by atoms with Crippen LogP contribution in [0, 0.1) is 0 Å². The minimum absolute atomic E-state index is 0.132. The van der Waals surface area contributed by atoms with Crippen molar-refractivity contribution in [1.29, 1.82) is 0 Å². The fraction of sp³-hybridized carbons (Fsp3) is 0.500. The minimum Gasteiger partial charge on any atom is -0.469 e. The second-order valence-corrected chi connectivity index (χ2v) is 7.78. The number of nitrogens with zero attached hydrogens (tertiary/aromatic N) is 2. The number of carbonyl (C=O) groups excluding carboxylic acids is 2. The van der Waals surface area contributed by atoms with Gasteiger partial charge in [0.15, 0.2) is 12.3 Å². The predicted octanol–water partition coefficient (Wildman–Crippen LogP) is 3.75. The summed E-state index contributed by atoms with van der Waals surface area (Å²) in [7, 11) is 1.28. The first-order valence-electron chi connectivity index (χ1n) is 9.44. The van der Waals surface area contributed by atoms with Gasteiger partial charge in [0, 0.05) is 18.5 Å². The first-order chi connectivity index (χ1) is 15.8. The van der Waals surface area contributed by atoms with Crippen LogP contribution in [0.1, 0.15) is 15.9 Å². The Balaban J connectivity index is 1.74. The fourth-order valence-electron chi connectivity index (χ4n) is 3.08. The Morgan fingerprint density at radius 2 is 1.91 bits per heavy atom. The first-order valence-corrected chi connectivity index (χ1v) is 10.3. The quantitative estimate of drug-likeness (QED) is 0.462. The summed E-state index contributed by atoms with van der Waals surface area (Å²) in [5, 5.41) is 3.48. The molecule has 8 nitrogen and oxygen atoms in total. The van der Waals surface area contributed by atoms with E-state index in [-0.39, 0.29) is 15.8 Å². The van der Waals surface area contributed by atoms with Crippen LogP contribution in [0.15, 0.2) is 11.4 Å². The molecule has 0 unspecified atom stereocenters. The first kappa shape index (κ1) is 25.7. The van der Waals surface area contributed by atoms with E-state index in [1.807, 2.05) is 0 Å². The van der Waals surface area contributed by atoms with Crippen molar-refractivity contribution in [1.82, 2.24) is 15.2 Å². The van der Waals surface area contributed by atoms with Crippen LogP contribution in [0.4, 0.5) is 35.5 Å². The van der Waals surface area contributed by atoms with Gasteiger partial charge in [0.05, 0.1) is 41.0 Å². The highest BCUT2D eigenvalue weighted by Gasteiger charge is 2.40. The van der Waals surface area contributed by atoms with Gasteiger partial charge in [-0.2, -0.15) is 13.2 Å². The van der Waals surface area contributed by atoms with Crippen molar-refractivity contribution in [3.05, 3.63) is 22.6 Å². The van der Waals surface area contributed by atoms with Gasteiger partial charge in [0.25, 0.3) is 5.91 Å². The van der Waals surface area contributed by atoms with Gasteiger partial charge in [-0.05, 0) is 0 Å². The fourth-order valence-corrected chi connectivity index (χ4v) is 4.10. The molecule has 1 N–H and O–H groups in total. The number of likely N-dealkylation sites (tertiary alicyclic amines) is 1. The average molecular weight is 519 g/mol. The zero-order valence-corrected chi connectivity index (χ0v) is 17.9. The molecule has 0 aliphatic carbocycles. The molecule has 3 heterocycles. The zero-order valence-electron chi connectivity index (χ0n) is 17.1. The van der Waals surface area contributed by atoms with Crippen molar-refractivity contribution in [2.24, 2.45) is 0 Å². The van der Waals surface area contributed by atoms with E-state index in [2.05, 4.69) is 19.8 Å². The molecule has 0 radical (unpaired) electrons. The summed E-state index contributed by atoms with van der Waals surface area (Å²) < 4.78 is 104. The van der Waals surface area contributed by atoms with Gasteiger partial charge >= 0.3 is 18.6 Å². The number of rotatable bonds is 6. The molecule has 1 fully saturated rings. The molecule has 1 aliphatic rings. The molecule has 0 saturated carbocycles. The molecule has 0 aromatic carbocycles. The lowest BCUT2D eigenvalue weighted by Crippen LogP contribution is -2.32. The molecule has 34 heavy (non-hydrogen) atoms. The number of thiophene rings is 1. The number of nitrogens with one attached hydrogen (secondary N) is 1. The second kappa shape index (κ2) is 9.77. The number of aromatic nitrogens is 1. The van der Waals surface area contributed by atoms with Crippen molar-refractivity contribution in [3.8, 4) is 5.88 Å². The van der Waals surface area contributed by atoms with Crippen molar-refractivity contribution < 1.29 is 54.5 Å². The number of carbonyl (C=O) groups is 2. The van der Waals surface area contributed by atoms with Gasteiger partial charge in [-0.15, -0.1) is 24.5 Å². The van der Waals surface area contributed by atoms with Gasteiger partial charge in [-0.3, -0.25) is 9.53 Å². The molecule has 16 heteroatoms. The van der Waals surface area contributed by atoms with Crippen LogP contribution < -0.4 is 10.1 Å². The Hall–Kier alpha value is -2.88. The summed E-state index contributed by atoms with van der Waals surface area (Å²) in [5.74, 6) is -1.30. The molecule has 2 aromatic heterocycles. The minimum atomic E-state index is -4.91. The molecule has 2 atom stereocenters. The zero-order chi connectivity index (χ0) is 25.3. The van der Waals surface area contributed by atoms with Crippen molar-refractivity contribution in [2.75, 3.05) is 33.4 Å². The van der Waals surface area contributed by atoms with Gasteiger partial charge < -0.3 is 19.7 Å². The molecule has 1 saturated heterocycles. The third-order valence-electron chi connectivity index (χ3n) is 4.58. The monoisotopic (exact) mass is 519 g/mol. The smallest absolute Gasteiger partial charge is 0.469 e. The number of amides is 2. The van der Waals surface area contributed by atoms with Gasteiger partial charge in [0.2, 0.25) is 5.88 Å². The summed E-state index contributed by atoms with van der Waals surface area (Å²) in [4.78, 5) is 28.6. The predicted molar refractivity (Wildman–Crippen MR) is 102 cm³/mol. The number of alkyl halides is 7. The number of hydrogen-bond acceptors (Lipinski definition) is 7. The van der Waals surface area contributed by atoms with E-state index in [0.29, 0.717) is 17.4 Å². The number of pyridine rings is 1. The number of ether oxygens (including phenoxy) is 3. The lowest BCUT2D eigenvalue weighted by Gasteiger charge is -2.17. The highest BCUT2D eigenvalue weighted by molar-refractivity contribution is 7.17. The van der Waals surface area contributed by atoms with Crippen LogP contribution in [0.2, 0.25) is 0 Å². The van der Waals surface area contributed by atoms with Crippen LogP contribution >= 0.6 is 11.3 Å². The molecule has 1 aliphatic heterocycles. The number of hydrogen-bond donors (Lipinski definition) is 1. The van der Waals surface area contributed by atoms with E-state index in [0.717, 1.165) is 4.90 Å². The van der Waals surface area contributed by atoms with E-state index in [4.69, 9.17) is 4.74 Å². The summed E-state index contributed by atoms with van der Waals surface area (Å²) >= 11 is 0.655. The Morgan fingerprint density at radius 3 is 2.53 bits per heavy atom. The molecular weight excluding hydrogens is 503 g/mol. The lowest BCUT2D eigenvalue weighted by molar-refractivity contribution is -0.326. The Bertz CT molecular complexity index is 1060. The molecule has 0 spiro atoms. The average Bonchev–Trinajstić information content (AvgIpc) is 3.32. The van der Waals surface area contributed by atoms with E-state index < -0.39 is 74.6 Å². The maximum atomic E-state index is 14.4. The summed E-state index contributed by atoms with van der Waals surface area (Å²) in [6, 6.07) is 0.564. The summed E-state index contributed by atoms with van der Waals surface area (Å²) in [6.45, 7) is -2.77. The number of fused-ring (bicyclic) bond motifs is 1. The van der Waals surface area contributed by atoms with Crippen LogP contribution in [-0.2, 0) is 15.7 Å². The van der Waals surface area contributed by atoms with Crippen molar-refractivity contribution >= 4 is 33.6 Å². The van der Waals surface area contributed by atoms with Crippen molar-refractivity contribution in [3.63, 3.8) is 0 Å². The normalized spacial score (nSPS) is 18.9. The number of halogens is 7. The standard InChI is InChI=1S/C18H16F7N3O5S/c1-26-15(29)8-7-34-14-9(17(20,21)22)4-12(27-13(8)14)33-11-6-28(5-10(11)19)16(30)31-2-3-32-18(23,24)25/h4,7,10-11H,2-3,5-6H2,1H3,(H,26,29)/t10-,11+/m1/s1. The van der Waals surface area contributed by atoms with Gasteiger partial charge in [-0.25, -0.2) is 14.2 Å². The lowest BCUT2D eigenvalue weighted by atomic mass is 10.2. The molecule has 0 bridgehead atoms. The van der Waals surface area contributed by atoms with Gasteiger partial charge in [-0.1, -0.05) is 0 Å². The Labute approximate surface area is 190 Å². The molecule has 2 amide bonds. The largest absolute Gasteiger partial charge is 0.522 e.